The maximum absolute atomic E-state index is 5.33. The number of aromatic amines is 1. The standard InChI is InChI=1S/C8H9N3O/c1-9-8-11-5-7(12-8)6-2-3-10-4-6/h2-5,10H,1H3,(H,9,11). The van der Waals surface area contributed by atoms with Gasteiger partial charge in [-0.15, -0.1) is 0 Å². The van der Waals surface area contributed by atoms with Crippen LogP contribution in [0.5, 0.6) is 0 Å². The summed E-state index contributed by atoms with van der Waals surface area (Å²) in [4.78, 5) is 6.95. The SMILES string of the molecule is CNc1ncc(-c2cc[nH]c2)o1. The summed E-state index contributed by atoms with van der Waals surface area (Å²) in [5.74, 6) is 0.764. The van der Waals surface area contributed by atoms with Gasteiger partial charge in [-0.25, -0.2) is 4.98 Å². The lowest BCUT2D eigenvalue weighted by molar-refractivity contribution is 0.590. The van der Waals surface area contributed by atoms with Crippen LogP contribution in [-0.2, 0) is 0 Å². The largest absolute Gasteiger partial charge is 0.424 e. The van der Waals surface area contributed by atoms with E-state index < -0.39 is 0 Å². The van der Waals surface area contributed by atoms with E-state index in [2.05, 4.69) is 15.3 Å². The van der Waals surface area contributed by atoms with Gasteiger partial charge in [0.25, 0.3) is 6.01 Å². The maximum atomic E-state index is 5.33. The van der Waals surface area contributed by atoms with Crippen molar-refractivity contribution >= 4 is 6.01 Å². The Labute approximate surface area is 69.6 Å². The van der Waals surface area contributed by atoms with Gasteiger partial charge in [0.1, 0.15) is 0 Å². The van der Waals surface area contributed by atoms with Crippen molar-refractivity contribution in [1.29, 1.82) is 0 Å². The molecule has 0 atom stereocenters. The summed E-state index contributed by atoms with van der Waals surface area (Å²) < 4.78 is 5.33. The second kappa shape index (κ2) is 2.73. The third kappa shape index (κ3) is 1.07. The molecule has 0 unspecified atom stereocenters. The van der Waals surface area contributed by atoms with Crippen LogP contribution in [0.1, 0.15) is 0 Å². The van der Waals surface area contributed by atoms with Crippen molar-refractivity contribution in [3.8, 4) is 11.3 Å². The highest BCUT2D eigenvalue weighted by atomic mass is 16.4. The summed E-state index contributed by atoms with van der Waals surface area (Å²) in [7, 11) is 1.77. The molecule has 62 valence electrons. The molecule has 0 amide bonds. The van der Waals surface area contributed by atoms with Crippen LogP contribution in [0.25, 0.3) is 11.3 Å². The first kappa shape index (κ1) is 6.97. The number of hydrogen-bond acceptors (Lipinski definition) is 3. The maximum Gasteiger partial charge on any atom is 0.294 e. The molecule has 0 aliphatic carbocycles. The molecule has 0 radical (unpaired) electrons. The van der Waals surface area contributed by atoms with Crippen LogP contribution >= 0.6 is 0 Å². The Kier molecular flexibility index (Phi) is 1.59. The molecule has 0 fully saturated rings. The molecule has 4 nitrogen and oxygen atoms in total. The van der Waals surface area contributed by atoms with Crippen LogP contribution in [-0.4, -0.2) is 17.0 Å². The number of oxazole rings is 1. The van der Waals surface area contributed by atoms with E-state index in [0.29, 0.717) is 6.01 Å². The van der Waals surface area contributed by atoms with Gasteiger partial charge in [-0.05, 0) is 6.07 Å². The van der Waals surface area contributed by atoms with Gasteiger partial charge >= 0.3 is 0 Å². The second-order valence-corrected chi connectivity index (χ2v) is 2.38. The van der Waals surface area contributed by atoms with Crippen molar-refractivity contribution in [2.45, 2.75) is 0 Å². The molecule has 2 aromatic heterocycles. The summed E-state index contributed by atoms with van der Waals surface area (Å²) in [6.07, 6.45) is 5.39. The molecule has 2 rings (SSSR count). The molecular formula is C8H9N3O. The quantitative estimate of drug-likeness (QED) is 0.708. The van der Waals surface area contributed by atoms with E-state index in [1.165, 1.54) is 0 Å². The van der Waals surface area contributed by atoms with Gasteiger partial charge in [-0.2, -0.15) is 0 Å². The third-order valence-electron chi connectivity index (χ3n) is 1.60. The van der Waals surface area contributed by atoms with Crippen molar-refractivity contribution < 1.29 is 4.42 Å². The molecule has 0 aliphatic rings. The lowest BCUT2D eigenvalue weighted by Gasteiger charge is -1.89. The summed E-state index contributed by atoms with van der Waals surface area (Å²) in [6, 6.07) is 2.46. The minimum Gasteiger partial charge on any atom is -0.424 e. The molecule has 0 saturated carbocycles. The molecule has 0 aromatic carbocycles. The highest BCUT2D eigenvalue weighted by Gasteiger charge is 2.03. The number of aromatic nitrogens is 2. The minimum absolute atomic E-state index is 0.534. The fraction of sp³-hybridized carbons (Fsp3) is 0.125. The van der Waals surface area contributed by atoms with Crippen molar-refractivity contribution in [2.75, 3.05) is 12.4 Å². The summed E-state index contributed by atoms with van der Waals surface area (Å²) in [5.41, 5.74) is 1.00. The van der Waals surface area contributed by atoms with Gasteiger partial charge in [0.05, 0.1) is 6.20 Å². The van der Waals surface area contributed by atoms with E-state index >= 15 is 0 Å². The Balaban J connectivity index is 2.35. The summed E-state index contributed by atoms with van der Waals surface area (Å²) in [6.45, 7) is 0. The minimum atomic E-state index is 0.534. The fourth-order valence-corrected chi connectivity index (χ4v) is 1.00. The Morgan fingerprint density at radius 3 is 3.08 bits per heavy atom. The number of H-pyrrole nitrogens is 1. The third-order valence-corrected chi connectivity index (χ3v) is 1.60. The normalized spacial score (nSPS) is 10.1. The summed E-state index contributed by atoms with van der Waals surface area (Å²) >= 11 is 0. The predicted molar refractivity (Wildman–Crippen MR) is 45.8 cm³/mol. The number of hydrogen-bond donors (Lipinski definition) is 2. The molecule has 2 aromatic rings. The Morgan fingerprint density at radius 1 is 1.58 bits per heavy atom. The number of rotatable bonds is 2. The van der Waals surface area contributed by atoms with E-state index in [9.17, 15) is 0 Å². The average molecular weight is 163 g/mol. The van der Waals surface area contributed by atoms with Crippen molar-refractivity contribution in [2.24, 2.45) is 0 Å². The smallest absolute Gasteiger partial charge is 0.294 e. The van der Waals surface area contributed by atoms with E-state index in [1.807, 2.05) is 18.5 Å². The van der Waals surface area contributed by atoms with Gasteiger partial charge < -0.3 is 14.7 Å². The Bertz CT molecular complexity index is 350. The number of anilines is 1. The van der Waals surface area contributed by atoms with Crippen LogP contribution in [0.15, 0.2) is 29.1 Å². The van der Waals surface area contributed by atoms with Gasteiger partial charge in [0, 0.05) is 25.0 Å². The van der Waals surface area contributed by atoms with Crippen molar-refractivity contribution in [1.82, 2.24) is 9.97 Å². The van der Waals surface area contributed by atoms with E-state index in [0.717, 1.165) is 11.3 Å². The lowest BCUT2D eigenvalue weighted by atomic mass is 10.3. The Morgan fingerprint density at radius 2 is 2.50 bits per heavy atom. The lowest BCUT2D eigenvalue weighted by Crippen LogP contribution is -1.84. The van der Waals surface area contributed by atoms with Gasteiger partial charge in [0.2, 0.25) is 0 Å². The van der Waals surface area contributed by atoms with Gasteiger partial charge in [0.15, 0.2) is 5.76 Å². The molecule has 4 heteroatoms. The van der Waals surface area contributed by atoms with E-state index in [-0.39, 0.29) is 0 Å². The van der Waals surface area contributed by atoms with Gasteiger partial charge in [-0.1, -0.05) is 0 Å². The van der Waals surface area contributed by atoms with Crippen LogP contribution < -0.4 is 5.32 Å². The van der Waals surface area contributed by atoms with Crippen LogP contribution in [0, 0.1) is 0 Å². The van der Waals surface area contributed by atoms with Crippen LogP contribution in [0.3, 0.4) is 0 Å². The molecule has 0 aliphatic heterocycles. The molecule has 12 heavy (non-hydrogen) atoms. The predicted octanol–water partition coefficient (Wildman–Crippen LogP) is 1.71. The molecule has 0 bridgehead atoms. The number of nitrogens with zero attached hydrogens (tertiary/aromatic N) is 1. The van der Waals surface area contributed by atoms with Crippen molar-refractivity contribution in [3.63, 3.8) is 0 Å². The molecule has 0 spiro atoms. The highest BCUT2D eigenvalue weighted by Crippen LogP contribution is 2.20. The van der Waals surface area contributed by atoms with Crippen LogP contribution in [0.2, 0.25) is 0 Å². The first-order valence-electron chi connectivity index (χ1n) is 3.67. The average Bonchev–Trinajstić information content (AvgIpc) is 2.75. The Hall–Kier alpha value is -1.71. The molecule has 2 heterocycles. The topological polar surface area (TPSA) is 53.9 Å². The van der Waals surface area contributed by atoms with Gasteiger partial charge in [-0.3, -0.25) is 0 Å². The fourth-order valence-electron chi connectivity index (χ4n) is 1.00. The van der Waals surface area contributed by atoms with Crippen molar-refractivity contribution in [3.05, 3.63) is 24.7 Å². The zero-order chi connectivity index (χ0) is 8.39. The monoisotopic (exact) mass is 163 g/mol. The first-order chi connectivity index (χ1) is 5.90. The highest BCUT2D eigenvalue weighted by molar-refractivity contribution is 5.56. The second-order valence-electron chi connectivity index (χ2n) is 2.38. The van der Waals surface area contributed by atoms with E-state index in [1.54, 1.807) is 13.2 Å². The molecule has 2 N–H and O–H groups in total. The number of nitrogens with one attached hydrogen (secondary N) is 2. The first-order valence-corrected chi connectivity index (χ1v) is 3.67. The van der Waals surface area contributed by atoms with E-state index in [4.69, 9.17) is 4.42 Å². The zero-order valence-corrected chi connectivity index (χ0v) is 6.66. The summed E-state index contributed by atoms with van der Waals surface area (Å²) in [5, 5.41) is 2.82. The molecule has 0 saturated heterocycles. The zero-order valence-electron chi connectivity index (χ0n) is 6.66. The molecular weight excluding hydrogens is 154 g/mol. The van der Waals surface area contributed by atoms with Crippen LogP contribution in [0.4, 0.5) is 6.01 Å².